The molecule has 0 saturated heterocycles. The highest BCUT2D eigenvalue weighted by Gasteiger charge is 2.14. The van der Waals surface area contributed by atoms with Crippen LogP contribution in [0.15, 0.2) is 12.2 Å². The highest BCUT2D eigenvalue weighted by Crippen LogP contribution is 2.24. The predicted octanol–water partition coefficient (Wildman–Crippen LogP) is 4.98. The molecule has 0 aromatic carbocycles. The molecule has 2 atom stereocenters. The van der Waals surface area contributed by atoms with Crippen molar-refractivity contribution in [1.29, 1.82) is 0 Å². The lowest BCUT2D eigenvalue weighted by molar-refractivity contribution is 0.133. The first-order valence-corrected chi connectivity index (χ1v) is 12.7. The Bertz CT molecular complexity index is 378. The van der Waals surface area contributed by atoms with Crippen molar-refractivity contribution in [2.24, 2.45) is 0 Å². The van der Waals surface area contributed by atoms with Crippen LogP contribution in [0.3, 0.4) is 0 Å². The largest absolute Gasteiger partial charge is 0.427 e. The number of allylic oxidation sites excluding steroid dienone is 1. The Balaban J connectivity index is 3.37. The van der Waals surface area contributed by atoms with Gasteiger partial charge in [-0.2, -0.15) is 11.8 Å². The van der Waals surface area contributed by atoms with E-state index < -0.39 is 6.10 Å². The summed E-state index contributed by atoms with van der Waals surface area (Å²) in [6.45, 7) is 6.80. The van der Waals surface area contributed by atoms with Crippen LogP contribution in [0.4, 0.5) is 0 Å². The monoisotopic (exact) mass is 429 g/mol. The van der Waals surface area contributed by atoms with E-state index in [2.05, 4.69) is 37.8 Å². The molecule has 3 N–H and O–H groups in total. The minimum Gasteiger partial charge on any atom is -0.427 e. The van der Waals surface area contributed by atoms with Crippen molar-refractivity contribution in [1.82, 2.24) is 5.23 Å². The van der Waals surface area contributed by atoms with E-state index in [4.69, 9.17) is 4.65 Å². The molecule has 0 fully saturated rings. The molecule has 0 aliphatic rings. The highest BCUT2D eigenvalue weighted by molar-refractivity contribution is 8.00. The van der Waals surface area contributed by atoms with E-state index in [1.54, 1.807) is 13.2 Å². The molecule has 29 heavy (non-hydrogen) atoms. The summed E-state index contributed by atoms with van der Waals surface area (Å²) in [6.07, 6.45) is 19.0. The number of rotatable bonds is 20. The van der Waals surface area contributed by atoms with E-state index in [0.29, 0.717) is 12.4 Å². The maximum absolute atomic E-state index is 10.0. The van der Waals surface area contributed by atoms with Gasteiger partial charge < -0.3 is 20.1 Å². The topological polar surface area (TPSA) is 61.7 Å². The van der Waals surface area contributed by atoms with Crippen molar-refractivity contribution in [2.45, 2.75) is 115 Å². The van der Waals surface area contributed by atoms with Gasteiger partial charge in [0.1, 0.15) is 0 Å². The van der Waals surface area contributed by atoms with E-state index in [9.17, 15) is 10.2 Å². The molecule has 0 unspecified atom stereocenters. The van der Waals surface area contributed by atoms with Gasteiger partial charge in [-0.3, -0.25) is 0 Å². The zero-order valence-corrected chi connectivity index (χ0v) is 20.4. The predicted molar refractivity (Wildman–Crippen MR) is 131 cm³/mol. The summed E-state index contributed by atoms with van der Waals surface area (Å²) in [7, 11) is 1.91. The molecule has 6 heteroatoms. The normalized spacial score (nSPS) is 14.4. The van der Waals surface area contributed by atoms with Gasteiger partial charge in [0.2, 0.25) is 0 Å². The van der Waals surface area contributed by atoms with Crippen molar-refractivity contribution in [3.05, 3.63) is 12.2 Å². The summed E-state index contributed by atoms with van der Waals surface area (Å²) in [5, 5.41) is 22.2. The van der Waals surface area contributed by atoms with Gasteiger partial charge in [0.25, 0.3) is 0 Å². The van der Waals surface area contributed by atoms with Gasteiger partial charge in [0.05, 0.1) is 18.8 Å². The maximum atomic E-state index is 10.0. The van der Waals surface area contributed by atoms with Crippen LogP contribution in [-0.4, -0.2) is 54.2 Å². The van der Waals surface area contributed by atoms with Crippen LogP contribution < -0.4 is 5.23 Å². The first-order chi connectivity index (χ1) is 13.9. The molecule has 0 rings (SSSR count). The minimum atomic E-state index is -0.674. The molecule has 0 aliphatic carbocycles. The number of thioether (sulfide) groups is 1. The average Bonchev–Trinajstić information content (AvgIpc) is 2.67. The zero-order valence-electron chi connectivity index (χ0n) is 19.6. The fourth-order valence-electron chi connectivity index (χ4n) is 3.19. The van der Waals surface area contributed by atoms with Gasteiger partial charge in [-0.05, 0) is 25.0 Å². The van der Waals surface area contributed by atoms with Crippen LogP contribution in [0.1, 0.15) is 97.8 Å². The summed E-state index contributed by atoms with van der Waals surface area (Å²) in [5.41, 5.74) is 0. The second-order valence-corrected chi connectivity index (χ2v) is 10.9. The maximum Gasteiger partial charge on any atom is 0.360 e. The Morgan fingerprint density at radius 2 is 1.45 bits per heavy atom. The van der Waals surface area contributed by atoms with Crippen molar-refractivity contribution in [3.8, 4) is 0 Å². The second kappa shape index (κ2) is 19.9. The van der Waals surface area contributed by atoms with E-state index in [0.717, 1.165) is 6.42 Å². The number of unbranched alkanes of at least 4 members (excludes halogenated alkanes) is 11. The van der Waals surface area contributed by atoms with E-state index in [1.165, 1.54) is 76.4 Å². The molecule has 0 spiro atoms. The average molecular weight is 430 g/mol. The number of nitrogens with one attached hydrogen (secondary N) is 1. The molecule has 0 aliphatic heterocycles. The summed E-state index contributed by atoms with van der Waals surface area (Å²) in [5.74, 6) is 1.31. The molecular formula is C23H48BNO3S. The van der Waals surface area contributed by atoms with Crippen LogP contribution in [0.5, 0.6) is 0 Å². The van der Waals surface area contributed by atoms with Gasteiger partial charge in [0, 0.05) is 11.9 Å². The Morgan fingerprint density at radius 3 is 1.93 bits per heavy atom. The number of hydrogen-bond acceptors (Lipinski definition) is 5. The smallest absolute Gasteiger partial charge is 0.360 e. The van der Waals surface area contributed by atoms with E-state index in [-0.39, 0.29) is 12.6 Å². The van der Waals surface area contributed by atoms with Gasteiger partial charge >= 0.3 is 7.62 Å². The van der Waals surface area contributed by atoms with Gasteiger partial charge in [0.15, 0.2) is 0 Å². The lowest BCUT2D eigenvalue weighted by atomic mass is 10.0. The van der Waals surface area contributed by atoms with Gasteiger partial charge in [-0.1, -0.05) is 90.7 Å². The molecule has 0 aromatic rings. The third-order valence-corrected chi connectivity index (χ3v) is 6.34. The molecule has 0 saturated carbocycles. The second-order valence-electron chi connectivity index (χ2n) is 8.98. The Kier molecular flexibility index (Phi) is 19.9. The van der Waals surface area contributed by atoms with Crippen molar-refractivity contribution < 1.29 is 14.9 Å². The number of aliphatic hydroxyl groups is 2. The van der Waals surface area contributed by atoms with Crippen LogP contribution in [0, 0.1) is 0 Å². The lowest BCUT2D eigenvalue weighted by Gasteiger charge is -2.18. The van der Waals surface area contributed by atoms with E-state index in [1.807, 2.05) is 6.08 Å². The molecule has 0 aromatic heterocycles. The first kappa shape index (κ1) is 29.0. The lowest BCUT2D eigenvalue weighted by Crippen LogP contribution is -2.44. The number of hydrogen-bond donors (Lipinski definition) is 3. The fourth-order valence-corrected chi connectivity index (χ4v) is 4.15. The Morgan fingerprint density at radius 1 is 0.931 bits per heavy atom. The standard InChI is InChI=1S/C23H48BNO3S/c1-23(2,3)29-19-17-15-13-11-9-7-5-6-8-10-12-14-16-18-22(27)21(20-26)25-24-28-4/h16,18,21-22,24-27H,5-15,17,19-20H2,1-4H3/b18-16+/t21-,22+/m0/s1. The molecular weight excluding hydrogens is 381 g/mol. The quantitative estimate of drug-likeness (QED) is 0.145. The highest BCUT2D eigenvalue weighted by atomic mass is 32.2. The Labute approximate surface area is 185 Å². The molecule has 0 amide bonds. The van der Waals surface area contributed by atoms with E-state index >= 15 is 0 Å². The SMILES string of the molecule is COBN[C@@H](CO)[C@H](O)/C=C/CCCCCCCCCCCCCSC(C)(C)C. The van der Waals surface area contributed by atoms with Crippen LogP contribution >= 0.6 is 11.8 Å². The molecule has 4 nitrogen and oxygen atoms in total. The summed E-state index contributed by atoms with van der Waals surface area (Å²) in [6, 6.07) is -0.367. The first-order valence-electron chi connectivity index (χ1n) is 11.7. The van der Waals surface area contributed by atoms with Gasteiger partial charge in [-0.15, -0.1) is 0 Å². The molecule has 0 bridgehead atoms. The Hall–Kier alpha value is -0.00506. The summed E-state index contributed by atoms with van der Waals surface area (Å²) < 4.78 is 5.33. The molecule has 172 valence electrons. The van der Waals surface area contributed by atoms with Gasteiger partial charge in [-0.25, -0.2) is 0 Å². The van der Waals surface area contributed by atoms with Crippen LogP contribution in [0.2, 0.25) is 0 Å². The van der Waals surface area contributed by atoms with Crippen molar-refractivity contribution in [3.63, 3.8) is 0 Å². The number of aliphatic hydroxyl groups excluding tert-OH is 2. The summed E-state index contributed by atoms with van der Waals surface area (Å²) >= 11 is 2.09. The summed E-state index contributed by atoms with van der Waals surface area (Å²) in [4.78, 5) is 0. The zero-order chi connectivity index (χ0) is 21.8. The fraction of sp³-hybridized carbons (Fsp3) is 0.913. The van der Waals surface area contributed by atoms with Crippen LogP contribution in [0.25, 0.3) is 0 Å². The third kappa shape index (κ3) is 21.0. The molecule has 0 heterocycles. The molecule has 0 radical (unpaired) electrons. The van der Waals surface area contributed by atoms with Crippen molar-refractivity contribution in [2.75, 3.05) is 19.5 Å². The van der Waals surface area contributed by atoms with Crippen LogP contribution in [-0.2, 0) is 4.65 Å². The third-order valence-electron chi connectivity index (χ3n) is 4.98. The van der Waals surface area contributed by atoms with Crippen molar-refractivity contribution >= 4 is 19.4 Å². The minimum absolute atomic E-state index is 0.106.